The van der Waals surface area contributed by atoms with Crippen molar-refractivity contribution in [2.24, 2.45) is 11.5 Å². The highest BCUT2D eigenvalue weighted by atomic mass is 19.4. The monoisotopic (exact) mass is 171 g/mol. The Labute approximate surface area is 60.9 Å². The number of guanidine groups is 1. The van der Waals surface area contributed by atoms with Gasteiger partial charge in [0.2, 0.25) is 5.78 Å². The second-order valence-electron chi connectivity index (χ2n) is 1.51. The second kappa shape index (κ2) is 4.53. The second-order valence-corrected chi connectivity index (χ2v) is 1.51. The van der Waals surface area contributed by atoms with Crippen molar-refractivity contribution in [3.8, 4) is 0 Å². The van der Waals surface area contributed by atoms with Crippen LogP contribution in [0.2, 0.25) is 0 Å². The molecule has 0 aromatic rings. The summed E-state index contributed by atoms with van der Waals surface area (Å²) in [7, 11) is 0. The topological polar surface area (TPSA) is 93.0 Å². The van der Waals surface area contributed by atoms with E-state index in [4.69, 9.17) is 5.41 Å². The minimum atomic E-state index is -4.64. The molecule has 0 aliphatic carbocycles. The number of nitrogens with two attached hydrogens (primary N) is 2. The van der Waals surface area contributed by atoms with Crippen LogP contribution < -0.4 is 11.5 Å². The van der Waals surface area contributed by atoms with E-state index in [0.29, 0.717) is 6.92 Å². The van der Waals surface area contributed by atoms with E-state index in [-0.39, 0.29) is 5.96 Å². The summed E-state index contributed by atoms with van der Waals surface area (Å²) >= 11 is 0. The number of hydrogen-bond acceptors (Lipinski definition) is 2. The van der Waals surface area contributed by atoms with Gasteiger partial charge in [-0.15, -0.1) is 0 Å². The third kappa shape index (κ3) is 17.7. The third-order valence-electron chi connectivity index (χ3n) is 0.399. The van der Waals surface area contributed by atoms with Gasteiger partial charge in [0.05, 0.1) is 0 Å². The summed E-state index contributed by atoms with van der Waals surface area (Å²) in [5.74, 6) is -2.09. The normalized spacial score (nSPS) is 9.45. The van der Waals surface area contributed by atoms with Gasteiger partial charge in [-0.1, -0.05) is 0 Å². The fourth-order valence-corrected chi connectivity index (χ4v) is 0. The van der Waals surface area contributed by atoms with E-state index in [2.05, 4.69) is 11.5 Å². The highest BCUT2D eigenvalue weighted by Gasteiger charge is 2.33. The minimum Gasteiger partial charge on any atom is -0.370 e. The molecule has 0 heterocycles. The van der Waals surface area contributed by atoms with Gasteiger partial charge in [-0.25, -0.2) is 0 Å². The maximum atomic E-state index is 10.8. The predicted molar refractivity (Wildman–Crippen MR) is 32.8 cm³/mol. The summed E-state index contributed by atoms with van der Waals surface area (Å²) in [4.78, 5) is 9.34. The van der Waals surface area contributed by atoms with Gasteiger partial charge in [0.1, 0.15) is 0 Å². The molecule has 66 valence electrons. The molecule has 0 aromatic carbocycles. The molecular weight excluding hydrogens is 163 g/mol. The van der Waals surface area contributed by atoms with Crippen LogP contribution >= 0.6 is 0 Å². The van der Waals surface area contributed by atoms with Gasteiger partial charge < -0.3 is 11.5 Å². The quantitative estimate of drug-likeness (QED) is 0.353. The zero-order valence-corrected chi connectivity index (χ0v) is 5.70. The van der Waals surface area contributed by atoms with Gasteiger partial charge in [-0.05, 0) is 0 Å². The van der Waals surface area contributed by atoms with E-state index < -0.39 is 12.0 Å². The van der Waals surface area contributed by atoms with Crippen molar-refractivity contribution in [2.45, 2.75) is 13.1 Å². The van der Waals surface area contributed by atoms with Gasteiger partial charge in [0, 0.05) is 6.92 Å². The van der Waals surface area contributed by atoms with Crippen LogP contribution in [0, 0.1) is 5.41 Å². The maximum absolute atomic E-state index is 10.8. The summed E-state index contributed by atoms with van der Waals surface area (Å²) in [5, 5.41) is 6.06. The molecule has 0 rings (SSSR count). The van der Waals surface area contributed by atoms with Crippen LogP contribution in [0.1, 0.15) is 6.92 Å². The average molecular weight is 171 g/mol. The molecule has 0 amide bonds. The third-order valence-corrected chi connectivity index (χ3v) is 0.399. The van der Waals surface area contributed by atoms with Crippen LogP contribution in [0.25, 0.3) is 0 Å². The number of alkyl halides is 3. The van der Waals surface area contributed by atoms with Crippen molar-refractivity contribution >= 4 is 11.7 Å². The molecule has 0 spiro atoms. The number of nitrogens with one attached hydrogen (secondary N) is 1. The van der Waals surface area contributed by atoms with Crippen LogP contribution in [0.15, 0.2) is 0 Å². The Hall–Kier alpha value is -1.27. The van der Waals surface area contributed by atoms with Gasteiger partial charge in [0.15, 0.2) is 5.96 Å². The van der Waals surface area contributed by atoms with Crippen molar-refractivity contribution in [2.75, 3.05) is 0 Å². The Balaban J connectivity index is 0. The molecule has 0 aliphatic rings. The lowest BCUT2D eigenvalue weighted by Gasteiger charge is -1.95. The van der Waals surface area contributed by atoms with Gasteiger partial charge in [-0.3, -0.25) is 10.2 Å². The number of carbonyl (C=O) groups excluding carboxylic acids is 1. The lowest BCUT2D eigenvalue weighted by molar-refractivity contribution is -0.168. The van der Waals surface area contributed by atoms with E-state index in [1.54, 1.807) is 0 Å². The highest BCUT2D eigenvalue weighted by molar-refractivity contribution is 5.81. The lowest BCUT2D eigenvalue weighted by Crippen LogP contribution is -2.20. The van der Waals surface area contributed by atoms with Crippen molar-refractivity contribution in [1.29, 1.82) is 5.41 Å². The van der Waals surface area contributed by atoms with E-state index in [0.717, 1.165) is 0 Å². The van der Waals surface area contributed by atoms with Crippen molar-refractivity contribution in [3.63, 3.8) is 0 Å². The molecule has 0 bridgehead atoms. The summed E-state index contributed by atoms with van der Waals surface area (Å²) in [6.07, 6.45) is -4.64. The standard InChI is InChI=1S/C3H3F3O.CH5N3/c1-2(7)3(4,5)6;2-1(3)4/h1H3;(H5,2,3,4). The van der Waals surface area contributed by atoms with E-state index in [1.807, 2.05) is 0 Å². The van der Waals surface area contributed by atoms with Crippen molar-refractivity contribution in [3.05, 3.63) is 0 Å². The van der Waals surface area contributed by atoms with Crippen molar-refractivity contribution < 1.29 is 18.0 Å². The Morgan fingerprint density at radius 2 is 1.45 bits per heavy atom. The summed E-state index contributed by atoms with van der Waals surface area (Å²) < 4.78 is 32.5. The van der Waals surface area contributed by atoms with E-state index in [1.165, 1.54) is 0 Å². The molecule has 0 atom stereocenters. The first-order chi connectivity index (χ1) is 4.68. The fraction of sp³-hybridized carbons (Fsp3) is 0.500. The number of Topliss-reactive ketones (excluding diaryl/α,β-unsaturated/α-hetero) is 1. The summed E-state index contributed by atoms with van der Waals surface area (Å²) in [6.45, 7) is 0.486. The van der Waals surface area contributed by atoms with Gasteiger partial charge >= 0.3 is 6.18 Å². The maximum Gasteiger partial charge on any atom is 0.449 e. The van der Waals surface area contributed by atoms with Crippen LogP contribution in [0.5, 0.6) is 0 Å². The van der Waals surface area contributed by atoms with Gasteiger partial charge in [0.25, 0.3) is 0 Å². The largest absolute Gasteiger partial charge is 0.449 e. The molecule has 0 saturated heterocycles. The average Bonchev–Trinajstić information content (AvgIpc) is 1.59. The number of ketones is 1. The van der Waals surface area contributed by atoms with Crippen LogP contribution in [0.4, 0.5) is 13.2 Å². The SMILES string of the molecule is CC(=O)C(F)(F)F.N=C(N)N. The highest BCUT2D eigenvalue weighted by Crippen LogP contribution is 2.14. The fourth-order valence-electron chi connectivity index (χ4n) is 0. The van der Waals surface area contributed by atoms with Crippen molar-refractivity contribution in [1.82, 2.24) is 0 Å². The summed E-state index contributed by atoms with van der Waals surface area (Å²) in [6, 6.07) is 0. The Kier molecular flexibility index (Phi) is 5.11. The summed E-state index contributed by atoms with van der Waals surface area (Å²) in [5.41, 5.74) is 8.94. The van der Waals surface area contributed by atoms with Crippen LogP contribution in [-0.4, -0.2) is 17.9 Å². The zero-order chi connectivity index (χ0) is 9.65. The predicted octanol–water partition coefficient (Wildman–Crippen LogP) is -0.0237. The Morgan fingerprint density at radius 3 is 1.45 bits per heavy atom. The molecule has 11 heavy (non-hydrogen) atoms. The first-order valence-electron chi connectivity index (χ1n) is 2.35. The van der Waals surface area contributed by atoms with Crippen LogP contribution in [-0.2, 0) is 4.79 Å². The molecule has 4 nitrogen and oxygen atoms in total. The Bertz CT molecular complexity index is 149. The Morgan fingerprint density at radius 1 is 1.36 bits per heavy atom. The van der Waals surface area contributed by atoms with Crippen LogP contribution in [0.3, 0.4) is 0 Å². The molecule has 0 unspecified atom stereocenters. The molecule has 0 aliphatic heterocycles. The molecule has 0 radical (unpaired) electrons. The molecule has 0 aromatic heterocycles. The number of rotatable bonds is 0. The number of hydrogen-bond donors (Lipinski definition) is 3. The number of halogens is 3. The molecule has 5 N–H and O–H groups in total. The number of carbonyl (C=O) groups is 1. The zero-order valence-electron chi connectivity index (χ0n) is 5.70. The molecule has 0 saturated carbocycles. The minimum absolute atomic E-state index is 0.333. The van der Waals surface area contributed by atoms with Gasteiger partial charge in [-0.2, -0.15) is 13.2 Å². The molecule has 0 fully saturated rings. The smallest absolute Gasteiger partial charge is 0.370 e. The first-order valence-corrected chi connectivity index (χ1v) is 2.35. The lowest BCUT2D eigenvalue weighted by atomic mass is 10.5. The molecular formula is C4H8F3N3O. The van der Waals surface area contributed by atoms with E-state index in [9.17, 15) is 18.0 Å². The van der Waals surface area contributed by atoms with E-state index >= 15 is 0 Å². The first kappa shape index (κ1) is 12.4. The molecule has 7 heteroatoms.